The highest BCUT2D eigenvalue weighted by Gasteiger charge is 2.25. The van der Waals surface area contributed by atoms with Crippen LogP contribution in [0, 0.1) is 5.92 Å². The Morgan fingerprint density at radius 2 is 2.15 bits per heavy atom. The summed E-state index contributed by atoms with van der Waals surface area (Å²) >= 11 is 3.63. The third kappa shape index (κ3) is 3.56. The second kappa shape index (κ2) is 6.48. The van der Waals surface area contributed by atoms with Crippen molar-refractivity contribution < 1.29 is 0 Å². The van der Waals surface area contributed by atoms with Gasteiger partial charge in [0, 0.05) is 35.8 Å². The molecule has 1 atom stereocenters. The first-order valence-corrected chi connectivity index (χ1v) is 8.82. The van der Waals surface area contributed by atoms with Crippen LogP contribution >= 0.6 is 15.9 Å². The second-order valence-electron chi connectivity index (χ2n) is 6.32. The Morgan fingerprint density at radius 1 is 1.30 bits per heavy atom. The average Bonchev–Trinajstić information content (AvgIpc) is 3.16. The number of halogens is 1. The third-order valence-electron chi connectivity index (χ3n) is 4.53. The maximum atomic E-state index is 3.65. The molecule has 20 heavy (non-hydrogen) atoms. The van der Waals surface area contributed by atoms with Crippen LogP contribution in [0.3, 0.4) is 0 Å². The van der Waals surface area contributed by atoms with E-state index in [1.54, 1.807) is 0 Å². The molecule has 3 rings (SSSR count). The molecule has 0 spiro atoms. The summed E-state index contributed by atoms with van der Waals surface area (Å²) < 4.78 is 1.20. The average molecular weight is 337 g/mol. The molecule has 1 saturated carbocycles. The zero-order valence-electron chi connectivity index (χ0n) is 12.4. The lowest BCUT2D eigenvalue weighted by Gasteiger charge is -2.23. The van der Waals surface area contributed by atoms with Crippen molar-refractivity contribution in [3.63, 3.8) is 0 Å². The van der Waals surface area contributed by atoms with Gasteiger partial charge in [-0.15, -0.1) is 0 Å². The van der Waals surface area contributed by atoms with Gasteiger partial charge in [0.25, 0.3) is 0 Å². The number of nitrogens with zero attached hydrogens (tertiary/aromatic N) is 1. The zero-order chi connectivity index (χ0) is 13.9. The second-order valence-corrected chi connectivity index (χ2v) is 7.23. The van der Waals surface area contributed by atoms with Crippen molar-refractivity contribution in [2.24, 2.45) is 5.92 Å². The van der Waals surface area contributed by atoms with E-state index < -0.39 is 0 Å². The quantitative estimate of drug-likeness (QED) is 0.831. The van der Waals surface area contributed by atoms with E-state index in [1.165, 1.54) is 60.9 Å². The topological polar surface area (TPSA) is 15.3 Å². The number of hydrogen-bond acceptors (Lipinski definition) is 2. The van der Waals surface area contributed by atoms with Gasteiger partial charge in [-0.3, -0.25) is 0 Å². The van der Waals surface area contributed by atoms with Gasteiger partial charge in [-0.1, -0.05) is 35.3 Å². The van der Waals surface area contributed by atoms with E-state index in [2.05, 4.69) is 51.3 Å². The zero-order valence-corrected chi connectivity index (χ0v) is 14.0. The van der Waals surface area contributed by atoms with Crippen LogP contribution in [0.1, 0.15) is 44.6 Å². The van der Waals surface area contributed by atoms with Gasteiger partial charge >= 0.3 is 0 Å². The number of hydrogen-bond donors (Lipinski definition) is 1. The van der Waals surface area contributed by atoms with Gasteiger partial charge in [0.15, 0.2) is 0 Å². The minimum Gasteiger partial charge on any atom is -0.371 e. The third-order valence-corrected chi connectivity index (χ3v) is 5.02. The molecule has 1 N–H and O–H groups in total. The summed E-state index contributed by atoms with van der Waals surface area (Å²) in [6.45, 7) is 5.77. The van der Waals surface area contributed by atoms with E-state index in [0.29, 0.717) is 0 Å². The Hall–Kier alpha value is -0.540. The van der Waals surface area contributed by atoms with E-state index in [0.717, 1.165) is 18.5 Å². The summed E-state index contributed by atoms with van der Waals surface area (Å²) in [6.07, 6.45) is 6.76. The van der Waals surface area contributed by atoms with Gasteiger partial charge in [0.05, 0.1) is 0 Å². The monoisotopic (exact) mass is 336 g/mol. The van der Waals surface area contributed by atoms with E-state index in [9.17, 15) is 0 Å². The van der Waals surface area contributed by atoms with Crippen molar-refractivity contribution in [3.8, 4) is 0 Å². The van der Waals surface area contributed by atoms with Crippen molar-refractivity contribution in [2.75, 3.05) is 18.0 Å². The molecule has 0 aromatic heterocycles. The van der Waals surface area contributed by atoms with E-state index in [-0.39, 0.29) is 0 Å². The van der Waals surface area contributed by atoms with Gasteiger partial charge in [0.1, 0.15) is 0 Å². The molecule has 0 radical (unpaired) electrons. The fourth-order valence-electron chi connectivity index (χ4n) is 3.22. The van der Waals surface area contributed by atoms with E-state index in [1.807, 2.05) is 0 Å². The molecule has 0 bridgehead atoms. The molecule has 1 aromatic rings. The van der Waals surface area contributed by atoms with Crippen LogP contribution in [0.25, 0.3) is 0 Å². The van der Waals surface area contributed by atoms with Crippen LogP contribution < -0.4 is 10.2 Å². The lowest BCUT2D eigenvalue weighted by atomic mass is 10.0. The fourth-order valence-corrected chi connectivity index (χ4v) is 3.57. The maximum absolute atomic E-state index is 3.65. The van der Waals surface area contributed by atoms with Crippen molar-refractivity contribution in [2.45, 2.75) is 51.6 Å². The predicted molar refractivity (Wildman–Crippen MR) is 89.2 cm³/mol. The minimum absolute atomic E-state index is 0.776. The maximum Gasteiger partial charge on any atom is 0.0423 e. The van der Waals surface area contributed by atoms with Crippen molar-refractivity contribution >= 4 is 21.6 Å². The molecule has 3 heteroatoms. The molecule has 110 valence electrons. The molecule has 1 aromatic carbocycles. The van der Waals surface area contributed by atoms with Crippen molar-refractivity contribution in [1.29, 1.82) is 0 Å². The molecule has 0 amide bonds. The van der Waals surface area contributed by atoms with Gasteiger partial charge in [-0.05, 0) is 49.3 Å². The molecule has 2 nitrogen and oxygen atoms in total. The van der Waals surface area contributed by atoms with Gasteiger partial charge < -0.3 is 10.2 Å². The first-order chi connectivity index (χ1) is 9.76. The Bertz CT molecular complexity index is 456. The van der Waals surface area contributed by atoms with E-state index >= 15 is 0 Å². The lowest BCUT2D eigenvalue weighted by molar-refractivity contribution is 0.529. The molecule has 1 aliphatic carbocycles. The highest BCUT2D eigenvalue weighted by atomic mass is 79.9. The Morgan fingerprint density at radius 3 is 2.90 bits per heavy atom. The summed E-state index contributed by atoms with van der Waals surface area (Å²) in [5.41, 5.74) is 2.89. The Labute approximate surface area is 131 Å². The Kier molecular flexibility index (Phi) is 4.67. The predicted octanol–water partition coefficient (Wildman–Crippen LogP) is 4.33. The van der Waals surface area contributed by atoms with Gasteiger partial charge in [-0.25, -0.2) is 0 Å². The first-order valence-electron chi connectivity index (χ1n) is 8.03. The standard InChI is InChI=1S/C17H25BrN2/c1-2-3-13-8-9-20(12-13)17-10-15(18)5-4-14(17)11-19-16-6-7-16/h4-5,10,13,16,19H,2-3,6-9,11-12H2,1H3. The minimum atomic E-state index is 0.776. The largest absolute Gasteiger partial charge is 0.371 e. The molecular weight excluding hydrogens is 312 g/mol. The van der Waals surface area contributed by atoms with E-state index in [4.69, 9.17) is 0 Å². The molecular formula is C17H25BrN2. The van der Waals surface area contributed by atoms with Crippen LogP contribution in [0.2, 0.25) is 0 Å². The van der Waals surface area contributed by atoms with Crippen LogP contribution in [-0.2, 0) is 6.54 Å². The molecule has 1 aliphatic heterocycles. The lowest BCUT2D eigenvalue weighted by Crippen LogP contribution is -2.23. The number of nitrogens with one attached hydrogen (secondary N) is 1. The molecule has 2 fully saturated rings. The van der Waals surface area contributed by atoms with Gasteiger partial charge in [-0.2, -0.15) is 0 Å². The number of anilines is 1. The first kappa shape index (κ1) is 14.4. The number of benzene rings is 1. The van der Waals surface area contributed by atoms with Crippen LogP contribution in [0.15, 0.2) is 22.7 Å². The van der Waals surface area contributed by atoms with Crippen molar-refractivity contribution in [1.82, 2.24) is 5.32 Å². The summed E-state index contributed by atoms with van der Waals surface area (Å²) in [4.78, 5) is 2.59. The molecule has 1 heterocycles. The highest BCUT2D eigenvalue weighted by molar-refractivity contribution is 9.10. The summed E-state index contributed by atoms with van der Waals surface area (Å²) in [5, 5.41) is 3.65. The summed E-state index contributed by atoms with van der Waals surface area (Å²) in [6, 6.07) is 7.53. The molecule has 2 aliphatic rings. The molecule has 1 unspecified atom stereocenters. The van der Waals surface area contributed by atoms with Crippen LogP contribution in [0.4, 0.5) is 5.69 Å². The summed E-state index contributed by atoms with van der Waals surface area (Å²) in [5.74, 6) is 0.892. The fraction of sp³-hybridized carbons (Fsp3) is 0.647. The SMILES string of the molecule is CCCC1CCN(c2cc(Br)ccc2CNC2CC2)C1. The number of rotatable bonds is 6. The van der Waals surface area contributed by atoms with Crippen LogP contribution in [0.5, 0.6) is 0 Å². The Balaban J connectivity index is 1.71. The highest BCUT2D eigenvalue weighted by Crippen LogP contribution is 2.32. The smallest absolute Gasteiger partial charge is 0.0423 e. The molecule has 1 saturated heterocycles. The van der Waals surface area contributed by atoms with Crippen molar-refractivity contribution in [3.05, 3.63) is 28.2 Å². The summed E-state index contributed by atoms with van der Waals surface area (Å²) in [7, 11) is 0. The van der Waals surface area contributed by atoms with Crippen LogP contribution in [-0.4, -0.2) is 19.1 Å². The van der Waals surface area contributed by atoms with Gasteiger partial charge in [0.2, 0.25) is 0 Å². The normalized spacial score (nSPS) is 22.5.